The molecule has 0 saturated carbocycles. The maximum Gasteiger partial charge on any atom is 0.470 e. The molecule has 0 amide bonds. The van der Waals surface area contributed by atoms with Gasteiger partial charge in [0.25, 0.3) is 0 Å². The standard InChI is InChI=1S/C15H14Cl2F3N3O3S/c1-8-5-12(11(17)6-10(8)16)27(24,25)23-4-2-3-9(7-23)13-21-22-14(26-13)15(18,19)20/h5-6,9H,2-4,7H2,1H3/t9-/m0/s1. The molecule has 1 atom stereocenters. The lowest BCUT2D eigenvalue weighted by atomic mass is 10.00. The van der Waals surface area contributed by atoms with Crippen molar-refractivity contribution in [2.45, 2.75) is 36.8 Å². The quantitative estimate of drug-likeness (QED) is 0.707. The average molecular weight is 444 g/mol. The number of aryl methyl sites for hydroxylation is 1. The van der Waals surface area contributed by atoms with Gasteiger partial charge in [-0.05, 0) is 37.5 Å². The monoisotopic (exact) mass is 443 g/mol. The van der Waals surface area contributed by atoms with Crippen LogP contribution >= 0.6 is 23.2 Å². The number of hydrogen-bond donors (Lipinski definition) is 0. The van der Waals surface area contributed by atoms with E-state index in [4.69, 9.17) is 27.6 Å². The third kappa shape index (κ3) is 4.08. The first-order chi connectivity index (χ1) is 12.5. The summed E-state index contributed by atoms with van der Waals surface area (Å²) in [4.78, 5) is -0.103. The van der Waals surface area contributed by atoms with Crippen molar-refractivity contribution in [2.75, 3.05) is 13.1 Å². The van der Waals surface area contributed by atoms with E-state index in [9.17, 15) is 21.6 Å². The Labute approximate surface area is 163 Å². The molecular formula is C15H14Cl2F3N3O3S. The highest BCUT2D eigenvalue weighted by Gasteiger charge is 2.40. The fourth-order valence-electron chi connectivity index (χ4n) is 2.84. The number of aromatic nitrogens is 2. The van der Waals surface area contributed by atoms with Crippen molar-refractivity contribution in [3.8, 4) is 0 Å². The summed E-state index contributed by atoms with van der Waals surface area (Å²) < 4.78 is 69.7. The first-order valence-electron chi connectivity index (χ1n) is 7.86. The molecule has 0 unspecified atom stereocenters. The van der Waals surface area contributed by atoms with Gasteiger partial charge in [-0.2, -0.15) is 17.5 Å². The van der Waals surface area contributed by atoms with Crippen molar-refractivity contribution in [1.82, 2.24) is 14.5 Å². The zero-order chi connectivity index (χ0) is 20.0. The number of benzene rings is 1. The van der Waals surface area contributed by atoms with E-state index in [-0.39, 0.29) is 28.9 Å². The minimum atomic E-state index is -4.75. The number of halogens is 5. The number of rotatable bonds is 3. The Morgan fingerprint density at radius 2 is 1.93 bits per heavy atom. The Morgan fingerprint density at radius 1 is 1.22 bits per heavy atom. The third-order valence-corrected chi connectivity index (χ3v) is 6.98. The Bertz CT molecular complexity index is 963. The molecule has 12 heteroatoms. The minimum absolute atomic E-state index is 0.0233. The summed E-state index contributed by atoms with van der Waals surface area (Å²) in [6, 6.07) is 2.72. The van der Waals surface area contributed by atoms with E-state index in [2.05, 4.69) is 10.2 Å². The number of hydrogen-bond acceptors (Lipinski definition) is 5. The molecule has 1 fully saturated rings. The van der Waals surface area contributed by atoms with Crippen molar-refractivity contribution >= 4 is 33.2 Å². The van der Waals surface area contributed by atoms with Crippen LogP contribution in [0.5, 0.6) is 0 Å². The molecule has 0 N–H and O–H groups in total. The summed E-state index contributed by atoms with van der Waals surface area (Å²) in [6.07, 6.45) is -3.89. The van der Waals surface area contributed by atoms with Gasteiger partial charge in [0, 0.05) is 18.1 Å². The first kappa shape index (κ1) is 20.4. The van der Waals surface area contributed by atoms with Crippen LogP contribution in [-0.2, 0) is 16.2 Å². The second-order valence-corrected chi connectivity index (χ2v) is 8.90. The van der Waals surface area contributed by atoms with Crippen LogP contribution in [0.15, 0.2) is 21.4 Å². The van der Waals surface area contributed by atoms with E-state index in [1.54, 1.807) is 6.92 Å². The molecule has 0 aliphatic carbocycles. The van der Waals surface area contributed by atoms with Gasteiger partial charge in [-0.15, -0.1) is 10.2 Å². The number of piperidine rings is 1. The van der Waals surface area contributed by atoms with E-state index < -0.39 is 28.0 Å². The van der Waals surface area contributed by atoms with E-state index in [0.29, 0.717) is 23.4 Å². The van der Waals surface area contributed by atoms with Gasteiger partial charge in [-0.3, -0.25) is 0 Å². The predicted octanol–water partition coefficient (Wildman–Crippen LogP) is 4.27. The Kier molecular flexibility index (Phi) is 5.46. The normalized spacial score (nSPS) is 19.4. The Hall–Kier alpha value is -1.36. The average Bonchev–Trinajstić information content (AvgIpc) is 3.08. The molecule has 0 spiro atoms. The van der Waals surface area contributed by atoms with Crippen molar-refractivity contribution in [1.29, 1.82) is 0 Å². The molecule has 0 bridgehead atoms. The molecule has 6 nitrogen and oxygen atoms in total. The molecule has 0 radical (unpaired) electrons. The van der Waals surface area contributed by atoms with E-state index in [1.165, 1.54) is 12.1 Å². The first-order valence-corrected chi connectivity index (χ1v) is 10.1. The summed E-state index contributed by atoms with van der Waals surface area (Å²) in [5.74, 6) is -2.32. The molecule has 2 heterocycles. The van der Waals surface area contributed by atoms with Gasteiger partial charge < -0.3 is 4.42 Å². The van der Waals surface area contributed by atoms with Crippen LogP contribution in [0.25, 0.3) is 0 Å². The molecule has 148 valence electrons. The van der Waals surface area contributed by atoms with Gasteiger partial charge in [-0.25, -0.2) is 8.42 Å². The molecule has 27 heavy (non-hydrogen) atoms. The van der Waals surface area contributed by atoms with Crippen LogP contribution in [0, 0.1) is 6.92 Å². The minimum Gasteiger partial charge on any atom is -0.417 e. The molecule has 3 rings (SSSR count). The third-order valence-electron chi connectivity index (χ3n) is 4.25. The van der Waals surface area contributed by atoms with Crippen LogP contribution in [0.4, 0.5) is 13.2 Å². The van der Waals surface area contributed by atoms with Crippen molar-refractivity contribution in [3.63, 3.8) is 0 Å². The van der Waals surface area contributed by atoms with Crippen LogP contribution in [0.1, 0.15) is 36.1 Å². The van der Waals surface area contributed by atoms with E-state index in [0.717, 1.165) is 4.31 Å². The van der Waals surface area contributed by atoms with E-state index >= 15 is 0 Å². The maximum atomic E-state index is 13.0. The fourth-order valence-corrected chi connectivity index (χ4v) is 5.17. The summed E-state index contributed by atoms with van der Waals surface area (Å²) in [7, 11) is -3.96. The molecule has 1 aliphatic rings. The van der Waals surface area contributed by atoms with Crippen LogP contribution in [0.3, 0.4) is 0 Å². The van der Waals surface area contributed by atoms with Crippen LogP contribution in [-0.4, -0.2) is 36.0 Å². The molecule has 1 aliphatic heterocycles. The molecule has 1 aromatic heterocycles. The maximum absolute atomic E-state index is 13.0. The molecular weight excluding hydrogens is 430 g/mol. The highest BCUT2D eigenvalue weighted by atomic mass is 35.5. The van der Waals surface area contributed by atoms with Gasteiger partial charge in [-0.1, -0.05) is 23.2 Å². The second-order valence-electron chi connectivity index (χ2n) is 6.18. The summed E-state index contributed by atoms with van der Waals surface area (Å²) in [5, 5.41) is 6.75. The highest BCUT2D eigenvalue weighted by Crippen LogP contribution is 2.35. The molecule has 1 saturated heterocycles. The Balaban J connectivity index is 1.87. The lowest BCUT2D eigenvalue weighted by Gasteiger charge is -2.30. The van der Waals surface area contributed by atoms with Gasteiger partial charge in [0.05, 0.1) is 10.9 Å². The molecule has 1 aromatic carbocycles. The second kappa shape index (κ2) is 7.23. The largest absolute Gasteiger partial charge is 0.470 e. The van der Waals surface area contributed by atoms with Gasteiger partial charge in [0.15, 0.2) is 0 Å². The number of alkyl halides is 3. The Morgan fingerprint density at radius 3 is 2.56 bits per heavy atom. The van der Waals surface area contributed by atoms with Crippen LogP contribution in [0.2, 0.25) is 10.0 Å². The van der Waals surface area contributed by atoms with Gasteiger partial charge in [0.2, 0.25) is 15.9 Å². The van der Waals surface area contributed by atoms with Crippen molar-refractivity contribution < 1.29 is 26.0 Å². The fraction of sp³-hybridized carbons (Fsp3) is 0.467. The number of nitrogens with zero attached hydrogens (tertiary/aromatic N) is 3. The smallest absolute Gasteiger partial charge is 0.417 e. The lowest BCUT2D eigenvalue weighted by molar-refractivity contribution is -0.157. The lowest BCUT2D eigenvalue weighted by Crippen LogP contribution is -2.39. The van der Waals surface area contributed by atoms with Crippen LogP contribution < -0.4 is 0 Å². The molecule has 2 aromatic rings. The van der Waals surface area contributed by atoms with Crippen molar-refractivity contribution in [3.05, 3.63) is 39.5 Å². The van der Waals surface area contributed by atoms with Crippen molar-refractivity contribution in [2.24, 2.45) is 0 Å². The summed E-state index contributed by atoms with van der Waals surface area (Å²) in [6.45, 7) is 1.77. The zero-order valence-corrected chi connectivity index (χ0v) is 16.3. The summed E-state index contributed by atoms with van der Waals surface area (Å²) >= 11 is 12.0. The number of sulfonamides is 1. The van der Waals surface area contributed by atoms with Gasteiger partial charge in [0.1, 0.15) is 4.90 Å². The van der Waals surface area contributed by atoms with Gasteiger partial charge >= 0.3 is 12.1 Å². The predicted molar refractivity (Wildman–Crippen MR) is 91.2 cm³/mol. The SMILES string of the molecule is Cc1cc(S(=O)(=O)N2CCC[C@H](c3nnc(C(F)(F)F)o3)C2)c(Cl)cc1Cl. The summed E-state index contributed by atoms with van der Waals surface area (Å²) in [5.41, 5.74) is 0.542. The topological polar surface area (TPSA) is 76.3 Å². The van der Waals surface area contributed by atoms with E-state index in [1.807, 2.05) is 0 Å². The zero-order valence-electron chi connectivity index (χ0n) is 13.9. The highest BCUT2D eigenvalue weighted by molar-refractivity contribution is 7.89.